The molecule has 0 aliphatic heterocycles. The minimum Gasteiger partial charge on any atom is -0.462 e. The number of rotatable bonds is 3. The van der Waals surface area contributed by atoms with E-state index in [1.165, 1.54) is 0 Å². The lowest BCUT2D eigenvalue weighted by Gasteiger charge is -2.02. The van der Waals surface area contributed by atoms with Crippen molar-refractivity contribution in [2.75, 3.05) is 12.3 Å². The Morgan fingerprint density at radius 3 is 2.65 bits per heavy atom. The fourth-order valence-corrected chi connectivity index (χ4v) is 1.38. The Balaban J connectivity index is 2.21. The number of carbonyl (C=O) groups is 1. The predicted molar refractivity (Wildman–Crippen MR) is 62.2 cm³/mol. The van der Waals surface area contributed by atoms with Gasteiger partial charge in [0.25, 0.3) is 0 Å². The third-order valence-corrected chi connectivity index (χ3v) is 2.17. The highest BCUT2D eigenvalue weighted by Crippen LogP contribution is 2.16. The Labute approximate surface area is 97.8 Å². The first kappa shape index (κ1) is 11.1. The van der Waals surface area contributed by atoms with Crippen LogP contribution in [-0.4, -0.2) is 27.8 Å². The monoisotopic (exact) mass is 232 g/mol. The van der Waals surface area contributed by atoms with E-state index in [1.54, 1.807) is 31.2 Å². The van der Waals surface area contributed by atoms with Gasteiger partial charge in [0.05, 0.1) is 12.2 Å². The van der Waals surface area contributed by atoms with Crippen molar-refractivity contribution < 1.29 is 9.53 Å². The van der Waals surface area contributed by atoms with Crippen molar-refractivity contribution >= 4 is 11.9 Å². The molecule has 0 bridgehead atoms. The molecule has 0 radical (unpaired) electrons. The molecule has 88 valence electrons. The molecule has 0 fully saturated rings. The van der Waals surface area contributed by atoms with E-state index in [1.807, 2.05) is 0 Å². The number of carbonyl (C=O) groups excluding carboxylic acids is 1. The van der Waals surface area contributed by atoms with E-state index in [0.717, 1.165) is 5.56 Å². The topological polar surface area (TPSA) is 93.9 Å². The molecule has 0 saturated carbocycles. The summed E-state index contributed by atoms with van der Waals surface area (Å²) in [7, 11) is 0. The van der Waals surface area contributed by atoms with Crippen LogP contribution in [-0.2, 0) is 4.74 Å². The number of nitrogens with zero attached hydrogens (tertiary/aromatic N) is 2. The molecule has 0 aliphatic rings. The summed E-state index contributed by atoms with van der Waals surface area (Å²) in [4.78, 5) is 15.4. The third-order valence-electron chi connectivity index (χ3n) is 2.17. The quantitative estimate of drug-likeness (QED) is 0.776. The van der Waals surface area contributed by atoms with Crippen LogP contribution in [0.5, 0.6) is 0 Å². The Bertz CT molecular complexity index is 519. The number of benzene rings is 1. The third kappa shape index (κ3) is 2.41. The number of nitrogen functional groups attached to an aromatic ring is 1. The van der Waals surface area contributed by atoms with Crippen molar-refractivity contribution in [3.05, 3.63) is 29.8 Å². The Morgan fingerprint density at radius 2 is 2.12 bits per heavy atom. The molecule has 6 nitrogen and oxygen atoms in total. The number of hydrogen-bond donors (Lipinski definition) is 2. The van der Waals surface area contributed by atoms with Crippen molar-refractivity contribution in [1.82, 2.24) is 15.2 Å². The van der Waals surface area contributed by atoms with Gasteiger partial charge < -0.3 is 10.5 Å². The Kier molecular flexibility index (Phi) is 3.04. The van der Waals surface area contributed by atoms with Crippen LogP contribution >= 0.6 is 0 Å². The number of esters is 1. The molecular weight excluding hydrogens is 220 g/mol. The molecule has 1 heterocycles. The van der Waals surface area contributed by atoms with Crippen LogP contribution in [0.2, 0.25) is 0 Å². The number of anilines is 1. The fourth-order valence-electron chi connectivity index (χ4n) is 1.38. The maximum atomic E-state index is 11.4. The summed E-state index contributed by atoms with van der Waals surface area (Å²) < 4.78 is 4.88. The van der Waals surface area contributed by atoms with Gasteiger partial charge in [0.15, 0.2) is 5.82 Å². The second kappa shape index (κ2) is 4.65. The van der Waals surface area contributed by atoms with Gasteiger partial charge in [-0.25, -0.2) is 4.79 Å². The molecule has 1 aromatic carbocycles. The van der Waals surface area contributed by atoms with Gasteiger partial charge in [0.1, 0.15) is 0 Å². The summed E-state index contributed by atoms with van der Waals surface area (Å²) >= 11 is 0. The summed E-state index contributed by atoms with van der Waals surface area (Å²) in [5.74, 6) is 0.420. The zero-order valence-corrected chi connectivity index (χ0v) is 9.30. The smallest absolute Gasteiger partial charge is 0.338 e. The van der Waals surface area contributed by atoms with E-state index >= 15 is 0 Å². The highest BCUT2D eigenvalue weighted by atomic mass is 16.5. The van der Waals surface area contributed by atoms with E-state index in [2.05, 4.69) is 15.2 Å². The predicted octanol–water partition coefficient (Wildman–Crippen LogP) is 1.23. The van der Waals surface area contributed by atoms with Crippen molar-refractivity contribution in [2.24, 2.45) is 0 Å². The Hall–Kier alpha value is -2.37. The van der Waals surface area contributed by atoms with Gasteiger partial charge in [-0.2, -0.15) is 4.98 Å². The average Bonchev–Trinajstić information content (AvgIpc) is 2.76. The average molecular weight is 232 g/mol. The molecule has 0 amide bonds. The molecule has 1 aromatic heterocycles. The molecule has 0 saturated heterocycles. The van der Waals surface area contributed by atoms with Crippen LogP contribution in [0.15, 0.2) is 24.3 Å². The van der Waals surface area contributed by atoms with Crippen molar-refractivity contribution in [3.63, 3.8) is 0 Å². The van der Waals surface area contributed by atoms with E-state index in [9.17, 15) is 4.79 Å². The Morgan fingerprint density at radius 1 is 1.41 bits per heavy atom. The second-order valence-electron chi connectivity index (χ2n) is 3.34. The zero-order chi connectivity index (χ0) is 12.3. The number of aromatic nitrogens is 3. The van der Waals surface area contributed by atoms with Gasteiger partial charge in [-0.3, -0.25) is 5.10 Å². The minimum absolute atomic E-state index is 0.189. The van der Waals surface area contributed by atoms with Crippen molar-refractivity contribution in [2.45, 2.75) is 6.92 Å². The maximum absolute atomic E-state index is 11.4. The van der Waals surface area contributed by atoms with Gasteiger partial charge in [-0.1, -0.05) is 12.1 Å². The van der Waals surface area contributed by atoms with Crippen LogP contribution < -0.4 is 5.73 Å². The molecule has 0 atom stereocenters. The summed E-state index contributed by atoms with van der Waals surface area (Å²) in [6, 6.07) is 6.86. The number of aromatic amines is 1. The van der Waals surface area contributed by atoms with Crippen molar-refractivity contribution in [3.8, 4) is 11.4 Å². The van der Waals surface area contributed by atoms with Gasteiger partial charge in [0, 0.05) is 5.56 Å². The lowest BCUT2D eigenvalue weighted by molar-refractivity contribution is 0.0526. The van der Waals surface area contributed by atoms with E-state index in [4.69, 9.17) is 10.5 Å². The molecule has 0 spiro atoms. The zero-order valence-electron chi connectivity index (χ0n) is 9.30. The van der Waals surface area contributed by atoms with Crippen LogP contribution in [0.1, 0.15) is 17.3 Å². The first-order chi connectivity index (χ1) is 8.20. The molecular formula is C11H12N4O2. The number of nitrogens with two attached hydrogens (primary N) is 1. The molecule has 3 N–H and O–H groups in total. The van der Waals surface area contributed by atoms with Crippen molar-refractivity contribution in [1.29, 1.82) is 0 Å². The molecule has 0 unspecified atom stereocenters. The highest BCUT2D eigenvalue weighted by Gasteiger charge is 2.07. The van der Waals surface area contributed by atoms with Gasteiger partial charge in [-0.15, -0.1) is 5.10 Å². The summed E-state index contributed by atoms with van der Waals surface area (Å²) in [5, 5.41) is 6.42. The first-order valence-electron chi connectivity index (χ1n) is 5.16. The summed E-state index contributed by atoms with van der Waals surface area (Å²) in [6.45, 7) is 2.13. The van der Waals surface area contributed by atoms with E-state index in [-0.39, 0.29) is 11.9 Å². The highest BCUT2D eigenvalue weighted by molar-refractivity contribution is 5.89. The molecule has 17 heavy (non-hydrogen) atoms. The normalized spacial score (nSPS) is 10.2. The van der Waals surface area contributed by atoms with Crippen LogP contribution in [0, 0.1) is 0 Å². The maximum Gasteiger partial charge on any atom is 0.338 e. The molecule has 2 aromatic rings. The fraction of sp³-hybridized carbons (Fsp3) is 0.182. The number of nitrogens with one attached hydrogen (secondary N) is 1. The number of ether oxygens (including phenoxy) is 1. The molecule has 0 aliphatic carbocycles. The number of hydrogen-bond acceptors (Lipinski definition) is 5. The van der Waals surface area contributed by atoms with Gasteiger partial charge in [-0.05, 0) is 19.1 Å². The van der Waals surface area contributed by atoms with Gasteiger partial charge in [0.2, 0.25) is 5.95 Å². The molecule has 2 rings (SSSR count). The largest absolute Gasteiger partial charge is 0.462 e. The summed E-state index contributed by atoms with van der Waals surface area (Å²) in [6.07, 6.45) is 0. The standard InChI is InChI=1S/C11H12N4O2/c1-2-17-10(16)8-5-3-7(4-6-8)9-13-11(12)15-14-9/h3-6H,2H2,1H3,(H3,12,13,14,15). The van der Waals surface area contributed by atoms with Crippen LogP contribution in [0.4, 0.5) is 5.95 Å². The number of H-pyrrole nitrogens is 1. The molecule has 6 heteroatoms. The summed E-state index contributed by atoms with van der Waals surface area (Å²) in [5.41, 5.74) is 6.72. The lowest BCUT2D eigenvalue weighted by atomic mass is 10.1. The van der Waals surface area contributed by atoms with E-state index in [0.29, 0.717) is 18.0 Å². The van der Waals surface area contributed by atoms with Gasteiger partial charge >= 0.3 is 5.97 Å². The van der Waals surface area contributed by atoms with E-state index < -0.39 is 0 Å². The first-order valence-corrected chi connectivity index (χ1v) is 5.16. The lowest BCUT2D eigenvalue weighted by Crippen LogP contribution is -2.04. The van der Waals surface area contributed by atoms with Crippen LogP contribution in [0.25, 0.3) is 11.4 Å². The minimum atomic E-state index is -0.337. The van der Waals surface area contributed by atoms with Crippen LogP contribution in [0.3, 0.4) is 0 Å². The second-order valence-corrected chi connectivity index (χ2v) is 3.34. The SMILES string of the molecule is CCOC(=O)c1ccc(-c2nc(N)n[nH]2)cc1.